The molecule has 0 radical (unpaired) electrons. The Morgan fingerprint density at radius 2 is 1.52 bits per heavy atom. The summed E-state index contributed by atoms with van der Waals surface area (Å²) in [4.78, 5) is 25.8. The molecule has 8 rings (SSSR count). The molecular weight excluding hydrogens is 292 g/mol. The van der Waals surface area contributed by atoms with Crippen molar-refractivity contribution >= 4 is 0 Å². The van der Waals surface area contributed by atoms with Crippen LogP contribution in [-0.2, 0) is 0 Å². The molecule has 1 aromatic carbocycles. The number of benzene rings is 1. The summed E-state index contributed by atoms with van der Waals surface area (Å²) >= 11 is 0. The zero-order chi connectivity index (χ0) is 15.2. The fourth-order valence-corrected chi connectivity index (χ4v) is 7.16. The number of hydrogen-bond donors (Lipinski definition) is 0. The molecule has 0 spiro atoms. The Kier molecular flexibility index (Phi) is 1.36. The van der Waals surface area contributed by atoms with E-state index >= 15 is 0 Å². The van der Waals surface area contributed by atoms with Crippen LogP contribution in [0.1, 0.15) is 12.1 Å². The summed E-state index contributed by atoms with van der Waals surface area (Å²) in [6.45, 7) is 0. The summed E-state index contributed by atoms with van der Waals surface area (Å²) in [5.74, 6) is 2.03. The normalized spacial score (nSPS) is 48.0. The molecule has 0 amide bonds. The zero-order valence-corrected chi connectivity index (χ0v) is 12.0. The van der Waals surface area contributed by atoms with Crippen molar-refractivity contribution in [2.24, 2.45) is 35.0 Å². The first-order valence-corrected chi connectivity index (χ1v) is 8.16. The van der Waals surface area contributed by atoms with E-state index in [0.717, 1.165) is 0 Å². The predicted molar refractivity (Wildman–Crippen MR) is 77.9 cm³/mol. The van der Waals surface area contributed by atoms with Crippen molar-refractivity contribution in [2.75, 3.05) is 0 Å². The third kappa shape index (κ3) is 0.724. The monoisotopic (exact) mass is 304 g/mol. The minimum Gasteiger partial charge on any atom is -0.245 e. The standard InChI is InChI=1S/C17H12N4O2/c18-6-17-10-8-11(17)14-12(17)9(10)13(8)20-15(22)19(16(23)21(14)20)7-4-2-1-3-5-7/h1-5,8-14H/t8-,9+,10?,11-,12-,13?,14?,17?/m0/s1. The van der Waals surface area contributed by atoms with Crippen molar-refractivity contribution in [2.45, 2.75) is 12.1 Å². The summed E-state index contributed by atoms with van der Waals surface area (Å²) in [7, 11) is 0. The van der Waals surface area contributed by atoms with E-state index < -0.39 is 0 Å². The first-order chi connectivity index (χ1) is 11.2. The lowest BCUT2D eigenvalue weighted by Crippen LogP contribution is -2.96. The van der Waals surface area contributed by atoms with Gasteiger partial charge in [0.15, 0.2) is 0 Å². The van der Waals surface area contributed by atoms with Gasteiger partial charge in [-0.3, -0.25) is 0 Å². The van der Waals surface area contributed by atoms with Crippen LogP contribution in [0.5, 0.6) is 0 Å². The Morgan fingerprint density at radius 3 is 2.13 bits per heavy atom. The minimum absolute atomic E-state index is 0.0739. The minimum atomic E-state index is -0.241. The van der Waals surface area contributed by atoms with Gasteiger partial charge in [-0.05, 0) is 29.9 Å². The maximum Gasteiger partial charge on any atom is 0.352 e. The van der Waals surface area contributed by atoms with E-state index in [4.69, 9.17) is 0 Å². The van der Waals surface area contributed by atoms with Crippen molar-refractivity contribution in [3.8, 4) is 11.8 Å². The maximum absolute atomic E-state index is 12.9. The highest BCUT2D eigenvalue weighted by Crippen LogP contribution is 2.97. The van der Waals surface area contributed by atoms with Crippen LogP contribution < -0.4 is 11.4 Å². The second-order valence-electron chi connectivity index (χ2n) is 7.68. The lowest BCUT2D eigenvalue weighted by atomic mass is 9.10. The van der Waals surface area contributed by atoms with Gasteiger partial charge in [0.05, 0.1) is 29.3 Å². The molecule has 23 heavy (non-hydrogen) atoms. The lowest BCUT2D eigenvalue weighted by Gasteiger charge is -2.94. The molecule has 2 bridgehead atoms. The SMILES string of the molecule is N#CC12C3[C@H]4C5[C@@H]3[C@H]1C([C@H]42)n1c(=O)n(-c2ccccc2)c(=O)n15. The summed E-state index contributed by atoms with van der Waals surface area (Å²) in [5.41, 5.74) is 0.0235. The first kappa shape index (κ1) is 11.1. The van der Waals surface area contributed by atoms with Crippen molar-refractivity contribution in [1.29, 1.82) is 5.26 Å². The Hall–Kier alpha value is -2.55. The van der Waals surface area contributed by atoms with E-state index in [2.05, 4.69) is 6.07 Å². The average molecular weight is 304 g/mol. The van der Waals surface area contributed by atoms with E-state index in [1.165, 1.54) is 4.57 Å². The van der Waals surface area contributed by atoms with Gasteiger partial charge >= 0.3 is 11.4 Å². The van der Waals surface area contributed by atoms with Crippen molar-refractivity contribution in [1.82, 2.24) is 13.9 Å². The third-order valence-electron chi connectivity index (χ3n) is 7.62. The maximum atomic E-state index is 12.9. The van der Waals surface area contributed by atoms with Gasteiger partial charge in [-0.1, -0.05) is 18.2 Å². The molecule has 3 heterocycles. The van der Waals surface area contributed by atoms with Crippen LogP contribution in [0.15, 0.2) is 39.9 Å². The Labute approximate surface area is 130 Å². The third-order valence-corrected chi connectivity index (χ3v) is 7.62. The average Bonchev–Trinajstić information content (AvgIpc) is 2.80. The van der Waals surface area contributed by atoms with Gasteiger partial charge < -0.3 is 0 Å². The van der Waals surface area contributed by atoms with Gasteiger partial charge in [0.25, 0.3) is 0 Å². The van der Waals surface area contributed by atoms with Gasteiger partial charge in [0, 0.05) is 11.8 Å². The molecule has 0 saturated heterocycles. The zero-order valence-electron chi connectivity index (χ0n) is 12.0. The molecule has 2 aromatic rings. The Balaban J connectivity index is 1.53. The van der Waals surface area contributed by atoms with Crippen LogP contribution in [0.25, 0.3) is 5.69 Å². The molecule has 4 unspecified atom stereocenters. The second kappa shape index (κ2) is 2.82. The highest BCUT2D eigenvalue weighted by molar-refractivity contribution is 5.48. The molecule has 6 aliphatic rings. The van der Waals surface area contributed by atoms with Crippen LogP contribution in [0.4, 0.5) is 0 Å². The summed E-state index contributed by atoms with van der Waals surface area (Å²) in [6.07, 6.45) is 0. The highest BCUT2D eigenvalue weighted by Gasteiger charge is 2.98. The van der Waals surface area contributed by atoms with Crippen LogP contribution in [0.3, 0.4) is 0 Å². The fraction of sp³-hybridized carbons (Fsp3) is 0.471. The molecular formula is C17H12N4O2. The molecule has 6 heteroatoms. The van der Waals surface area contributed by atoms with Gasteiger partial charge in [-0.15, -0.1) is 0 Å². The van der Waals surface area contributed by atoms with E-state index in [0.29, 0.717) is 35.3 Å². The lowest BCUT2D eigenvalue weighted by molar-refractivity contribution is -0.486. The topological polar surface area (TPSA) is 72.7 Å². The van der Waals surface area contributed by atoms with Gasteiger partial charge in [-0.25, -0.2) is 23.5 Å². The largest absolute Gasteiger partial charge is 0.352 e. The van der Waals surface area contributed by atoms with Crippen molar-refractivity contribution in [3.05, 3.63) is 51.3 Å². The molecule has 1 aromatic heterocycles. The van der Waals surface area contributed by atoms with Gasteiger partial charge in [0.2, 0.25) is 0 Å². The van der Waals surface area contributed by atoms with Crippen LogP contribution >= 0.6 is 0 Å². The predicted octanol–water partition coefficient (Wildman–Crippen LogP) is 0.542. The molecule has 2 aliphatic heterocycles. The molecule has 4 fully saturated rings. The summed E-state index contributed by atoms with van der Waals surface area (Å²) in [6, 6.07) is 11.9. The summed E-state index contributed by atoms with van der Waals surface area (Å²) < 4.78 is 4.70. The quantitative estimate of drug-likeness (QED) is 0.772. The van der Waals surface area contributed by atoms with E-state index in [1.54, 1.807) is 21.5 Å². The number of nitrogens with zero attached hydrogens (tertiary/aromatic N) is 4. The van der Waals surface area contributed by atoms with Crippen molar-refractivity contribution in [3.63, 3.8) is 0 Å². The number of aromatic nitrogens is 3. The van der Waals surface area contributed by atoms with Gasteiger partial charge in [-0.2, -0.15) is 5.26 Å². The van der Waals surface area contributed by atoms with Crippen molar-refractivity contribution < 1.29 is 0 Å². The molecule has 6 nitrogen and oxygen atoms in total. The second-order valence-corrected chi connectivity index (χ2v) is 7.68. The van der Waals surface area contributed by atoms with Crippen LogP contribution in [0, 0.1) is 46.3 Å². The highest BCUT2D eigenvalue weighted by atomic mass is 16.2. The number of para-hydroxylation sites is 1. The van der Waals surface area contributed by atoms with Crippen LogP contribution in [0.2, 0.25) is 0 Å². The summed E-state index contributed by atoms with van der Waals surface area (Å²) in [5, 5.41) is 9.58. The molecule has 8 atom stereocenters. The molecule has 112 valence electrons. The van der Waals surface area contributed by atoms with E-state index in [9.17, 15) is 14.9 Å². The molecule has 0 N–H and O–H groups in total. The smallest absolute Gasteiger partial charge is 0.245 e. The Bertz CT molecular complexity index is 1060. The number of hydrogen-bond acceptors (Lipinski definition) is 3. The number of rotatable bonds is 1. The fourth-order valence-electron chi connectivity index (χ4n) is 7.16. The van der Waals surface area contributed by atoms with E-state index in [-0.39, 0.29) is 28.9 Å². The van der Waals surface area contributed by atoms with Crippen LogP contribution in [-0.4, -0.2) is 13.9 Å². The van der Waals surface area contributed by atoms with E-state index in [1.807, 2.05) is 18.2 Å². The molecule has 4 aliphatic carbocycles. The number of nitriles is 1. The first-order valence-electron chi connectivity index (χ1n) is 8.16. The molecule has 4 saturated carbocycles. The Morgan fingerprint density at radius 1 is 0.913 bits per heavy atom. The van der Waals surface area contributed by atoms with Gasteiger partial charge in [0.1, 0.15) is 0 Å².